The number of nitrogens with zero attached hydrogens (tertiary/aromatic N) is 1. The minimum atomic E-state index is -0.211. The van der Waals surface area contributed by atoms with Crippen LogP contribution in [0.5, 0.6) is 0 Å². The highest BCUT2D eigenvalue weighted by molar-refractivity contribution is 6.36. The molecule has 2 fully saturated rings. The molecule has 2 amide bonds. The maximum Gasteiger partial charge on any atom is 0.257 e. The lowest BCUT2D eigenvalue weighted by atomic mass is 10.0. The van der Waals surface area contributed by atoms with E-state index in [1.54, 1.807) is 12.1 Å². The highest BCUT2D eigenvalue weighted by Crippen LogP contribution is 2.45. The SMILES string of the molecule is O=C(NC1=NCCN1)c1ccc(Nc2cccc(C(=O)NC3CCOC3)c2Cl)c(C2CC2)c1. The van der Waals surface area contributed by atoms with Crippen molar-refractivity contribution in [2.24, 2.45) is 4.99 Å². The Kier molecular flexibility index (Phi) is 6.20. The number of anilines is 2. The number of guanidine groups is 1. The molecule has 172 valence electrons. The first-order valence-corrected chi connectivity index (χ1v) is 11.6. The van der Waals surface area contributed by atoms with Gasteiger partial charge < -0.3 is 20.7 Å². The van der Waals surface area contributed by atoms with Gasteiger partial charge in [-0.3, -0.25) is 19.9 Å². The summed E-state index contributed by atoms with van der Waals surface area (Å²) in [4.78, 5) is 29.6. The molecule has 8 nitrogen and oxygen atoms in total. The fourth-order valence-corrected chi connectivity index (χ4v) is 4.33. The number of carbonyl (C=O) groups excluding carboxylic acids is 2. The topological polar surface area (TPSA) is 104 Å². The van der Waals surface area contributed by atoms with Crippen molar-refractivity contribution in [3.8, 4) is 0 Å². The second-order valence-corrected chi connectivity index (χ2v) is 8.89. The third-order valence-electron chi connectivity index (χ3n) is 6.01. The fraction of sp³-hybridized carbons (Fsp3) is 0.375. The van der Waals surface area contributed by atoms with Crippen molar-refractivity contribution in [2.45, 2.75) is 31.2 Å². The Bertz CT molecular complexity index is 1110. The normalized spacial score (nSPS) is 19.5. The van der Waals surface area contributed by atoms with Crippen LogP contribution in [0.1, 0.15) is 51.5 Å². The van der Waals surface area contributed by atoms with Crippen molar-refractivity contribution >= 4 is 40.7 Å². The summed E-state index contributed by atoms with van der Waals surface area (Å²) < 4.78 is 5.33. The Labute approximate surface area is 197 Å². The van der Waals surface area contributed by atoms with Crippen LogP contribution in [0.2, 0.25) is 5.02 Å². The van der Waals surface area contributed by atoms with E-state index in [4.69, 9.17) is 16.3 Å². The van der Waals surface area contributed by atoms with Gasteiger partial charge in [-0.25, -0.2) is 0 Å². The molecule has 1 aliphatic carbocycles. The molecule has 1 saturated heterocycles. The molecule has 1 unspecified atom stereocenters. The van der Waals surface area contributed by atoms with Gasteiger partial charge in [0.2, 0.25) is 0 Å². The quantitative estimate of drug-likeness (QED) is 0.522. The van der Waals surface area contributed by atoms with Crippen LogP contribution in [-0.4, -0.2) is 50.1 Å². The summed E-state index contributed by atoms with van der Waals surface area (Å²) in [5.41, 5.74) is 3.60. The first-order valence-electron chi connectivity index (χ1n) is 11.3. The van der Waals surface area contributed by atoms with Gasteiger partial charge in [-0.1, -0.05) is 17.7 Å². The van der Waals surface area contributed by atoms with Crippen molar-refractivity contribution < 1.29 is 14.3 Å². The Morgan fingerprint density at radius 3 is 2.70 bits per heavy atom. The molecule has 0 aromatic heterocycles. The van der Waals surface area contributed by atoms with Crippen molar-refractivity contribution in [3.05, 3.63) is 58.1 Å². The van der Waals surface area contributed by atoms with Crippen LogP contribution in [0.4, 0.5) is 11.4 Å². The molecule has 2 aromatic rings. The fourth-order valence-electron chi connectivity index (χ4n) is 4.07. The van der Waals surface area contributed by atoms with Crippen LogP contribution in [0, 0.1) is 0 Å². The predicted molar refractivity (Wildman–Crippen MR) is 128 cm³/mol. The lowest BCUT2D eigenvalue weighted by Crippen LogP contribution is -2.38. The predicted octanol–water partition coefficient (Wildman–Crippen LogP) is 3.17. The zero-order chi connectivity index (χ0) is 22.8. The van der Waals surface area contributed by atoms with Crippen molar-refractivity contribution in [2.75, 3.05) is 31.6 Å². The number of ether oxygens (including phenoxy) is 1. The van der Waals surface area contributed by atoms with Gasteiger partial charge in [0.15, 0.2) is 5.96 Å². The van der Waals surface area contributed by atoms with E-state index < -0.39 is 0 Å². The second kappa shape index (κ2) is 9.41. The molecule has 0 radical (unpaired) electrons. The van der Waals surface area contributed by atoms with Gasteiger partial charge in [-0.05, 0) is 61.1 Å². The molecule has 0 bridgehead atoms. The average molecular weight is 468 g/mol. The van der Waals surface area contributed by atoms with Gasteiger partial charge in [-0.2, -0.15) is 0 Å². The van der Waals surface area contributed by atoms with Gasteiger partial charge in [-0.15, -0.1) is 0 Å². The highest BCUT2D eigenvalue weighted by atomic mass is 35.5. The van der Waals surface area contributed by atoms with E-state index in [0.29, 0.717) is 53.5 Å². The molecule has 2 heterocycles. The number of halogens is 1. The number of hydrogen-bond donors (Lipinski definition) is 4. The maximum atomic E-state index is 12.7. The molecule has 0 spiro atoms. The van der Waals surface area contributed by atoms with E-state index in [2.05, 4.69) is 26.3 Å². The number of rotatable bonds is 6. The Morgan fingerprint density at radius 1 is 1.09 bits per heavy atom. The summed E-state index contributed by atoms with van der Waals surface area (Å²) in [7, 11) is 0. The van der Waals surface area contributed by atoms with E-state index in [9.17, 15) is 9.59 Å². The van der Waals surface area contributed by atoms with E-state index in [0.717, 1.165) is 37.1 Å². The molecule has 1 atom stereocenters. The number of aliphatic imine (C=N–C) groups is 1. The summed E-state index contributed by atoms with van der Waals surface area (Å²) >= 11 is 6.62. The Hall–Kier alpha value is -3.10. The van der Waals surface area contributed by atoms with Crippen LogP contribution < -0.4 is 21.3 Å². The van der Waals surface area contributed by atoms with Gasteiger partial charge in [0.25, 0.3) is 11.8 Å². The number of nitrogens with one attached hydrogen (secondary N) is 4. The first kappa shape index (κ1) is 21.7. The largest absolute Gasteiger partial charge is 0.379 e. The Balaban J connectivity index is 1.35. The zero-order valence-electron chi connectivity index (χ0n) is 18.1. The molecule has 3 aliphatic rings. The molecule has 9 heteroatoms. The third-order valence-corrected chi connectivity index (χ3v) is 6.42. The molecule has 4 N–H and O–H groups in total. The molecular weight excluding hydrogens is 442 g/mol. The molecule has 5 rings (SSSR count). The average Bonchev–Trinajstić information content (AvgIpc) is 3.28. The molecule has 2 aromatic carbocycles. The van der Waals surface area contributed by atoms with Crippen LogP contribution in [0.3, 0.4) is 0 Å². The standard InChI is InChI=1S/C24H26ClN5O3/c25-21-17(23(32)28-16-8-11-33-13-16)2-1-3-20(21)29-19-7-6-15(12-18(19)14-4-5-14)22(31)30-24-26-9-10-27-24/h1-3,6-7,12,14,16,29H,4-5,8-11,13H2,(H,28,32)(H2,26,27,30,31). The summed E-state index contributed by atoms with van der Waals surface area (Å²) in [6.07, 6.45) is 2.96. The van der Waals surface area contributed by atoms with Crippen LogP contribution in [0.25, 0.3) is 0 Å². The van der Waals surface area contributed by atoms with Gasteiger partial charge in [0, 0.05) is 24.4 Å². The number of amides is 2. The van der Waals surface area contributed by atoms with Gasteiger partial charge in [0.05, 0.1) is 35.5 Å². The molecular formula is C24H26ClN5O3. The van der Waals surface area contributed by atoms with E-state index in [1.807, 2.05) is 24.3 Å². The van der Waals surface area contributed by atoms with Crippen LogP contribution >= 0.6 is 11.6 Å². The smallest absolute Gasteiger partial charge is 0.257 e. The lowest BCUT2D eigenvalue weighted by Gasteiger charge is -2.17. The van der Waals surface area contributed by atoms with Crippen LogP contribution in [0.15, 0.2) is 41.4 Å². The zero-order valence-corrected chi connectivity index (χ0v) is 18.9. The van der Waals surface area contributed by atoms with Crippen molar-refractivity contribution in [1.29, 1.82) is 0 Å². The minimum Gasteiger partial charge on any atom is -0.379 e. The van der Waals surface area contributed by atoms with Crippen LogP contribution in [-0.2, 0) is 4.74 Å². The molecule has 2 aliphatic heterocycles. The first-order chi connectivity index (χ1) is 16.1. The van der Waals surface area contributed by atoms with E-state index in [1.165, 1.54) is 0 Å². The van der Waals surface area contributed by atoms with E-state index >= 15 is 0 Å². The summed E-state index contributed by atoms with van der Waals surface area (Å²) in [6.45, 7) is 2.58. The highest BCUT2D eigenvalue weighted by Gasteiger charge is 2.28. The van der Waals surface area contributed by atoms with Crippen molar-refractivity contribution in [3.63, 3.8) is 0 Å². The molecule has 33 heavy (non-hydrogen) atoms. The number of benzene rings is 2. The van der Waals surface area contributed by atoms with E-state index in [-0.39, 0.29) is 17.9 Å². The summed E-state index contributed by atoms with van der Waals surface area (Å²) in [5, 5.41) is 12.6. The summed E-state index contributed by atoms with van der Waals surface area (Å²) in [6, 6.07) is 11.0. The monoisotopic (exact) mass is 467 g/mol. The van der Waals surface area contributed by atoms with Gasteiger partial charge >= 0.3 is 0 Å². The number of hydrogen-bond acceptors (Lipinski definition) is 6. The lowest BCUT2D eigenvalue weighted by molar-refractivity contribution is 0.0928. The van der Waals surface area contributed by atoms with Gasteiger partial charge in [0.1, 0.15) is 0 Å². The minimum absolute atomic E-state index is 0.00994. The Morgan fingerprint density at radius 2 is 1.97 bits per heavy atom. The second-order valence-electron chi connectivity index (χ2n) is 8.51. The van der Waals surface area contributed by atoms with Crippen molar-refractivity contribution in [1.82, 2.24) is 16.0 Å². The number of carbonyl (C=O) groups is 2. The summed E-state index contributed by atoms with van der Waals surface area (Å²) in [5.74, 6) is 0.511. The third kappa shape index (κ3) is 4.96. The molecule has 1 saturated carbocycles. The maximum absolute atomic E-state index is 12.7.